The Kier molecular flexibility index (Phi) is 2.78. The summed E-state index contributed by atoms with van der Waals surface area (Å²) in [6.07, 6.45) is 0.815. The average Bonchev–Trinajstić information content (AvgIpc) is 2.29. The zero-order chi connectivity index (χ0) is 12.4. The number of nitro groups is 1. The number of nitrogens with zero attached hydrogens (tertiary/aromatic N) is 2. The Bertz CT molecular complexity index is 587. The molecule has 17 heavy (non-hydrogen) atoms. The fourth-order valence-electron chi connectivity index (χ4n) is 1.45. The summed E-state index contributed by atoms with van der Waals surface area (Å²) >= 11 is 0. The van der Waals surface area contributed by atoms with Crippen LogP contribution in [0.25, 0.3) is 11.3 Å². The number of hydrogen-bond donors (Lipinski definition) is 0. The van der Waals surface area contributed by atoms with Crippen LogP contribution in [-0.2, 0) is 0 Å². The fraction of sp³-hybridized carbons (Fsp3) is 0. The molecule has 0 aliphatic heterocycles. The molecule has 86 valence electrons. The van der Waals surface area contributed by atoms with Crippen molar-refractivity contribution in [1.82, 2.24) is 4.98 Å². The second-order valence-electron chi connectivity index (χ2n) is 3.26. The molecule has 0 saturated heterocycles. The third-order valence-electron chi connectivity index (χ3n) is 2.16. The lowest BCUT2D eigenvalue weighted by atomic mass is 10.1. The van der Waals surface area contributed by atoms with Crippen LogP contribution in [0.2, 0.25) is 0 Å². The number of aromatic nitrogens is 1. The first-order valence-electron chi connectivity index (χ1n) is 4.64. The predicted molar refractivity (Wildman–Crippen MR) is 56.2 cm³/mol. The molecule has 0 bridgehead atoms. The molecule has 0 aliphatic rings. The number of halogens is 2. The molecule has 0 radical (unpaired) electrons. The van der Waals surface area contributed by atoms with Crippen LogP contribution < -0.4 is 0 Å². The maximum absolute atomic E-state index is 13.5. The van der Waals surface area contributed by atoms with Crippen molar-refractivity contribution >= 4 is 5.69 Å². The average molecular weight is 236 g/mol. The van der Waals surface area contributed by atoms with Crippen LogP contribution in [-0.4, -0.2) is 9.91 Å². The highest BCUT2D eigenvalue weighted by molar-refractivity contribution is 5.70. The van der Waals surface area contributed by atoms with Crippen molar-refractivity contribution in [1.29, 1.82) is 0 Å². The minimum absolute atomic E-state index is 0.0231. The molecular weight excluding hydrogens is 230 g/mol. The number of benzene rings is 1. The summed E-state index contributed by atoms with van der Waals surface area (Å²) in [6.45, 7) is 0. The normalized spacial score (nSPS) is 10.2. The molecule has 0 saturated carbocycles. The molecular formula is C11H6F2N2O2. The van der Waals surface area contributed by atoms with Gasteiger partial charge in [-0.15, -0.1) is 0 Å². The minimum Gasteiger partial charge on any atom is -0.258 e. The Morgan fingerprint density at radius 1 is 1.24 bits per heavy atom. The van der Waals surface area contributed by atoms with Crippen molar-refractivity contribution in [2.24, 2.45) is 0 Å². The summed E-state index contributed by atoms with van der Waals surface area (Å²) in [5, 5.41) is 10.8. The molecule has 2 rings (SSSR count). The number of hydrogen-bond acceptors (Lipinski definition) is 3. The van der Waals surface area contributed by atoms with E-state index in [1.165, 1.54) is 24.3 Å². The Hall–Kier alpha value is -2.37. The molecule has 0 unspecified atom stereocenters. The van der Waals surface area contributed by atoms with Gasteiger partial charge in [0.1, 0.15) is 11.5 Å². The zero-order valence-electron chi connectivity index (χ0n) is 8.43. The highest BCUT2D eigenvalue weighted by atomic mass is 19.1. The van der Waals surface area contributed by atoms with E-state index in [4.69, 9.17) is 0 Å². The third kappa shape index (κ3) is 2.10. The predicted octanol–water partition coefficient (Wildman–Crippen LogP) is 2.94. The Morgan fingerprint density at radius 3 is 2.59 bits per heavy atom. The largest absolute Gasteiger partial charge is 0.278 e. The monoisotopic (exact) mass is 236 g/mol. The lowest BCUT2D eigenvalue weighted by molar-refractivity contribution is -0.384. The summed E-state index contributed by atoms with van der Waals surface area (Å²) in [5.41, 5.74) is -0.487. The van der Waals surface area contributed by atoms with Crippen molar-refractivity contribution < 1.29 is 13.7 Å². The summed E-state index contributed by atoms with van der Waals surface area (Å²) < 4.78 is 26.1. The van der Waals surface area contributed by atoms with E-state index in [0.29, 0.717) is 6.07 Å². The van der Waals surface area contributed by atoms with E-state index in [0.717, 1.165) is 6.20 Å². The van der Waals surface area contributed by atoms with Crippen LogP contribution in [0.1, 0.15) is 0 Å². The van der Waals surface area contributed by atoms with Crippen molar-refractivity contribution in [3.8, 4) is 11.3 Å². The first kappa shape index (κ1) is 11.1. The highest BCUT2D eigenvalue weighted by Crippen LogP contribution is 2.29. The van der Waals surface area contributed by atoms with Gasteiger partial charge in [0.2, 0.25) is 0 Å². The molecule has 0 spiro atoms. The summed E-state index contributed by atoms with van der Waals surface area (Å²) in [4.78, 5) is 13.7. The van der Waals surface area contributed by atoms with Gasteiger partial charge in [-0.3, -0.25) is 10.1 Å². The van der Waals surface area contributed by atoms with Crippen LogP contribution in [0.15, 0.2) is 36.5 Å². The Balaban J connectivity index is 2.64. The van der Waals surface area contributed by atoms with Crippen LogP contribution in [0.5, 0.6) is 0 Å². The van der Waals surface area contributed by atoms with E-state index in [1.54, 1.807) is 0 Å². The molecule has 2 aromatic rings. The van der Waals surface area contributed by atoms with Crippen LogP contribution in [0.3, 0.4) is 0 Å². The van der Waals surface area contributed by atoms with E-state index in [-0.39, 0.29) is 16.9 Å². The van der Waals surface area contributed by atoms with Gasteiger partial charge in [0.25, 0.3) is 5.69 Å². The van der Waals surface area contributed by atoms with Crippen LogP contribution >= 0.6 is 0 Å². The first-order valence-corrected chi connectivity index (χ1v) is 4.64. The van der Waals surface area contributed by atoms with Crippen molar-refractivity contribution in [3.05, 3.63) is 58.3 Å². The topological polar surface area (TPSA) is 56.0 Å². The lowest BCUT2D eigenvalue weighted by Gasteiger charge is -2.03. The number of rotatable bonds is 2. The quantitative estimate of drug-likeness (QED) is 0.595. The van der Waals surface area contributed by atoms with Crippen LogP contribution in [0.4, 0.5) is 14.5 Å². The van der Waals surface area contributed by atoms with E-state index in [2.05, 4.69) is 4.98 Å². The van der Waals surface area contributed by atoms with Gasteiger partial charge in [-0.25, -0.2) is 13.8 Å². The van der Waals surface area contributed by atoms with Gasteiger partial charge in [-0.1, -0.05) is 12.1 Å². The van der Waals surface area contributed by atoms with Gasteiger partial charge in [0, 0.05) is 12.1 Å². The smallest absolute Gasteiger partial charge is 0.258 e. The van der Waals surface area contributed by atoms with Gasteiger partial charge in [0.15, 0.2) is 5.82 Å². The maximum atomic E-state index is 13.5. The fourth-order valence-corrected chi connectivity index (χ4v) is 1.45. The molecule has 0 fully saturated rings. The number of para-hydroxylation sites is 1. The van der Waals surface area contributed by atoms with Gasteiger partial charge >= 0.3 is 0 Å². The van der Waals surface area contributed by atoms with Crippen LogP contribution in [0, 0.1) is 21.7 Å². The summed E-state index contributed by atoms with van der Waals surface area (Å²) in [7, 11) is 0. The number of pyridine rings is 1. The van der Waals surface area contributed by atoms with Gasteiger partial charge in [-0.05, 0) is 6.07 Å². The highest BCUT2D eigenvalue weighted by Gasteiger charge is 2.18. The molecule has 0 atom stereocenters. The second-order valence-corrected chi connectivity index (χ2v) is 3.26. The number of nitro benzene ring substituents is 1. The molecule has 6 heteroatoms. The van der Waals surface area contributed by atoms with Crippen molar-refractivity contribution in [2.45, 2.75) is 0 Å². The molecule has 0 N–H and O–H groups in total. The van der Waals surface area contributed by atoms with Gasteiger partial charge < -0.3 is 0 Å². The Morgan fingerprint density at radius 2 is 1.94 bits per heavy atom. The first-order chi connectivity index (χ1) is 8.09. The minimum atomic E-state index is -0.931. The van der Waals surface area contributed by atoms with E-state index >= 15 is 0 Å². The molecule has 0 aliphatic carbocycles. The SMILES string of the molecule is O=[N+]([O-])c1ccccc1-c1ncc(F)cc1F. The van der Waals surface area contributed by atoms with E-state index < -0.39 is 16.6 Å². The van der Waals surface area contributed by atoms with E-state index in [9.17, 15) is 18.9 Å². The van der Waals surface area contributed by atoms with Crippen molar-refractivity contribution in [3.63, 3.8) is 0 Å². The van der Waals surface area contributed by atoms with Gasteiger partial charge in [-0.2, -0.15) is 0 Å². The lowest BCUT2D eigenvalue weighted by Crippen LogP contribution is -1.96. The molecule has 1 aromatic carbocycles. The second kappa shape index (κ2) is 4.25. The standard InChI is InChI=1S/C11H6F2N2O2/c12-7-5-9(13)11(14-6-7)8-3-1-2-4-10(8)15(16)17/h1-6H. The molecule has 0 amide bonds. The Labute approximate surface area is 94.7 Å². The molecule has 4 nitrogen and oxygen atoms in total. The van der Waals surface area contributed by atoms with E-state index in [1.807, 2.05) is 0 Å². The maximum Gasteiger partial charge on any atom is 0.278 e. The summed E-state index contributed by atoms with van der Waals surface area (Å²) in [5.74, 6) is -1.76. The molecule has 1 aromatic heterocycles. The zero-order valence-corrected chi connectivity index (χ0v) is 8.43. The molecule has 1 heterocycles. The third-order valence-corrected chi connectivity index (χ3v) is 2.16. The van der Waals surface area contributed by atoms with Gasteiger partial charge in [0.05, 0.1) is 16.7 Å². The summed E-state index contributed by atoms with van der Waals surface area (Å²) in [6, 6.07) is 6.22. The van der Waals surface area contributed by atoms with Crippen molar-refractivity contribution in [2.75, 3.05) is 0 Å².